The largest absolute Gasteiger partial charge is 0.497 e. The van der Waals surface area contributed by atoms with E-state index in [1.165, 1.54) is 7.11 Å². The number of esters is 1. The number of methoxy groups -OCH3 is 2. The summed E-state index contributed by atoms with van der Waals surface area (Å²) in [7, 11) is 2.87. The van der Waals surface area contributed by atoms with Crippen LogP contribution < -0.4 is 4.74 Å². The smallest absolute Gasteiger partial charge is 0.337 e. The first-order valence-corrected chi connectivity index (χ1v) is 7.24. The van der Waals surface area contributed by atoms with E-state index in [9.17, 15) is 14.7 Å². The number of carboxylic acid groups (broad SMARTS) is 1. The van der Waals surface area contributed by atoms with Crippen molar-refractivity contribution in [3.63, 3.8) is 0 Å². The minimum atomic E-state index is -1.03. The average molecular weight is 326 g/mol. The van der Waals surface area contributed by atoms with Crippen LogP contribution >= 0.6 is 0 Å². The van der Waals surface area contributed by atoms with Crippen LogP contribution in [-0.2, 0) is 9.53 Å². The van der Waals surface area contributed by atoms with E-state index in [0.29, 0.717) is 22.4 Å². The molecule has 1 N–H and O–H groups in total. The van der Waals surface area contributed by atoms with Gasteiger partial charge in [-0.15, -0.1) is 0 Å². The van der Waals surface area contributed by atoms with Gasteiger partial charge in [-0.2, -0.15) is 0 Å². The zero-order chi connectivity index (χ0) is 17.7. The summed E-state index contributed by atoms with van der Waals surface area (Å²) in [5, 5.41) is 9.55. The molecule has 24 heavy (non-hydrogen) atoms. The van der Waals surface area contributed by atoms with Crippen LogP contribution in [0, 0.1) is 6.92 Å². The van der Waals surface area contributed by atoms with Crippen LogP contribution in [0.4, 0.5) is 0 Å². The number of ether oxygens (including phenoxy) is 2. The quantitative estimate of drug-likeness (QED) is 0.518. The van der Waals surface area contributed by atoms with Gasteiger partial charge in [0.15, 0.2) is 0 Å². The van der Waals surface area contributed by atoms with Crippen molar-refractivity contribution >= 4 is 23.6 Å². The second kappa shape index (κ2) is 7.46. The first-order chi connectivity index (χ1) is 11.5. The summed E-state index contributed by atoms with van der Waals surface area (Å²) >= 11 is 0. The number of rotatable bonds is 5. The maximum Gasteiger partial charge on any atom is 0.337 e. The van der Waals surface area contributed by atoms with Crippen molar-refractivity contribution in [2.24, 2.45) is 0 Å². The summed E-state index contributed by atoms with van der Waals surface area (Å²) in [6.45, 7) is 1.83. The molecule has 0 unspecified atom stereocenters. The van der Waals surface area contributed by atoms with Crippen LogP contribution in [0.25, 0.3) is 11.6 Å². The van der Waals surface area contributed by atoms with Crippen molar-refractivity contribution in [2.75, 3.05) is 14.2 Å². The third kappa shape index (κ3) is 3.81. The van der Waals surface area contributed by atoms with Crippen LogP contribution in [0.1, 0.15) is 27.0 Å². The van der Waals surface area contributed by atoms with Gasteiger partial charge in [0.25, 0.3) is 0 Å². The Kier molecular flexibility index (Phi) is 5.37. The maximum absolute atomic E-state index is 11.7. The van der Waals surface area contributed by atoms with Crippen molar-refractivity contribution in [3.05, 3.63) is 64.7 Å². The summed E-state index contributed by atoms with van der Waals surface area (Å²) in [6.07, 6.45) is 1.57. The molecule has 5 heteroatoms. The molecule has 0 atom stereocenters. The van der Waals surface area contributed by atoms with Crippen molar-refractivity contribution < 1.29 is 24.2 Å². The molecule has 0 aromatic heterocycles. The van der Waals surface area contributed by atoms with Gasteiger partial charge in [0.05, 0.1) is 25.4 Å². The standard InChI is InChI=1S/C19H18O5/c1-12-10-15(23-2)8-9-16(12)17(18(20)21)11-13-4-6-14(7-5-13)19(22)24-3/h4-11H,1-3H3,(H,20,21)/b17-11-. The third-order valence-corrected chi connectivity index (χ3v) is 3.60. The second-order valence-corrected chi connectivity index (χ2v) is 5.16. The van der Waals surface area contributed by atoms with E-state index in [2.05, 4.69) is 4.74 Å². The molecular weight excluding hydrogens is 308 g/mol. The van der Waals surface area contributed by atoms with E-state index in [1.807, 2.05) is 6.92 Å². The zero-order valence-electron chi connectivity index (χ0n) is 13.7. The highest BCUT2D eigenvalue weighted by Gasteiger charge is 2.14. The number of hydrogen-bond donors (Lipinski definition) is 1. The summed E-state index contributed by atoms with van der Waals surface area (Å²) in [6, 6.07) is 11.8. The molecule has 2 aromatic rings. The average Bonchev–Trinajstić information content (AvgIpc) is 2.59. The number of benzene rings is 2. The van der Waals surface area contributed by atoms with E-state index < -0.39 is 11.9 Å². The molecule has 0 fully saturated rings. The topological polar surface area (TPSA) is 72.8 Å². The number of carbonyl (C=O) groups excluding carboxylic acids is 1. The predicted molar refractivity (Wildman–Crippen MR) is 91.0 cm³/mol. The van der Waals surface area contributed by atoms with Crippen molar-refractivity contribution in [3.8, 4) is 5.75 Å². The lowest BCUT2D eigenvalue weighted by Crippen LogP contribution is -2.02. The molecule has 2 aromatic carbocycles. The predicted octanol–water partition coefficient (Wildman–Crippen LogP) is 3.42. The monoisotopic (exact) mass is 326 g/mol. The first-order valence-electron chi connectivity index (χ1n) is 7.24. The molecule has 0 saturated carbocycles. The van der Waals surface area contributed by atoms with Crippen LogP contribution in [0.3, 0.4) is 0 Å². The fourth-order valence-corrected chi connectivity index (χ4v) is 2.32. The third-order valence-electron chi connectivity index (χ3n) is 3.60. The number of aryl methyl sites for hydroxylation is 1. The van der Waals surface area contributed by atoms with Crippen LogP contribution in [0.5, 0.6) is 5.75 Å². The molecule has 0 radical (unpaired) electrons. The molecule has 0 amide bonds. The lowest BCUT2D eigenvalue weighted by atomic mass is 9.98. The Morgan fingerprint density at radius 3 is 2.21 bits per heavy atom. The van der Waals surface area contributed by atoms with Crippen molar-refractivity contribution in [1.29, 1.82) is 0 Å². The highest BCUT2D eigenvalue weighted by molar-refractivity contribution is 6.21. The summed E-state index contributed by atoms with van der Waals surface area (Å²) in [5.74, 6) is -0.793. The minimum absolute atomic E-state index is 0.168. The molecular formula is C19H18O5. The van der Waals surface area contributed by atoms with Crippen molar-refractivity contribution in [2.45, 2.75) is 6.92 Å². The molecule has 0 aliphatic rings. The Bertz CT molecular complexity index is 788. The van der Waals surface area contributed by atoms with Gasteiger partial charge in [-0.05, 0) is 54.0 Å². The molecule has 0 aliphatic heterocycles. The maximum atomic E-state index is 11.7. The lowest BCUT2D eigenvalue weighted by molar-refractivity contribution is -0.130. The molecule has 0 saturated heterocycles. The van der Waals surface area contributed by atoms with E-state index in [-0.39, 0.29) is 5.57 Å². The highest BCUT2D eigenvalue weighted by atomic mass is 16.5. The molecule has 0 bridgehead atoms. The fourth-order valence-electron chi connectivity index (χ4n) is 2.32. The summed E-state index contributed by atoms with van der Waals surface area (Å²) in [4.78, 5) is 23.1. The number of hydrogen-bond acceptors (Lipinski definition) is 4. The normalized spacial score (nSPS) is 11.0. The van der Waals surface area contributed by atoms with Gasteiger partial charge in [-0.3, -0.25) is 0 Å². The molecule has 0 heterocycles. The highest BCUT2D eigenvalue weighted by Crippen LogP contribution is 2.25. The van der Waals surface area contributed by atoms with E-state index in [4.69, 9.17) is 4.74 Å². The van der Waals surface area contributed by atoms with Crippen LogP contribution in [0.2, 0.25) is 0 Å². The molecule has 124 valence electrons. The Morgan fingerprint density at radius 1 is 1.04 bits per heavy atom. The molecule has 5 nitrogen and oxygen atoms in total. The van der Waals surface area contributed by atoms with Crippen LogP contribution in [-0.4, -0.2) is 31.3 Å². The van der Waals surface area contributed by atoms with E-state index in [1.54, 1.807) is 55.7 Å². The Balaban J connectivity index is 2.42. The zero-order valence-corrected chi connectivity index (χ0v) is 13.7. The Hall–Kier alpha value is -3.08. The van der Waals surface area contributed by atoms with E-state index >= 15 is 0 Å². The molecule has 2 rings (SSSR count). The molecule has 0 spiro atoms. The van der Waals surface area contributed by atoms with Crippen LogP contribution in [0.15, 0.2) is 42.5 Å². The van der Waals surface area contributed by atoms with Crippen molar-refractivity contribution in [1.82, 2.24) is 0 Å². The Labute approximate surface area is 140 Å². The minimum Gasteiger partial charge on any atom is -0.497 e. The van der Waals surface area contributed by atoms with Gasteiger partial charge in [0, 0.05) is 0 Å². The first kappa shape index (κ1) is 17.3. The van der Waals surface area contributed by atoms with Gasteiger partial charge in [0.1, 0.15) is 5.75 Å². The van der Waals surface area contributed by atoms with Gasteiger partial charge in [0.2, 0.25) is 0 Å². The number of aliphatic carboxylic acids is 1. The SMILES string of the molecule is COC(=O)c1ccc(/C=C(\C(=O)O)c2ccc(OC)cc2C)cc1. The van der Waals surface area contributed by atoms with Gasteiger partial charge in [-0.25, -0.2) is 9.59 Å². The summed E-state index contributed by atoms with van der Waals surface area (Å²) in [5.41, 5.74) is 2.66. The fraction of sp³-hybridized carbons (Fsp3) is 0.158. The number of carbonyl (C=O) groups is 2. The number of carboxylic acids is 1. The Morgan fingerprint density at radius 2 is 1.71 bits per heavy atom. The van der Waals surface area contributed by atoms with Gasteiger partial charge in [-0.1, -0.05) is 18.2 Å². The van der Waals surface area contributed by atoms with Gasteiger partial charge >= 0.3 is 11.9 Å². The lowest BCUT2D eigenvalue weighted by Gasteiger charge is -2.09. The summed E-state index contributed by atoms with van der Waals surface area (Å²) < 4.78 is 9.79. The van der Waals surface area contributed by atoms with E-state index in [0.717, 1.165) is 5.56 Å². The second-order valence-electron chi connectivity index (χ2n) is 5.16. The van der Waals surface area contributed by atoms with Gasteiger partial charge < -0.3 is 14.6 Å². The molecule has 0 aliphatic carbocycles.